The molecule has 166 valence electrons. The molecule has 1 fully saturated rings. The SMILES string of the molecule is O=C(Nc1ccc(S(=O)(=O)Nc2cccc(F)c2)cc1)c1ccc(N2CCOCC2)cc1. The van der Waals surface area contributed by atoms with E-state index in [0.29, 0.717) is 24.5 Å². The molecule has 0 saturated carbocycles. The summed E-state index contributed by atoms with van der Waals surface area (Å²) in [6, 6.07) is 18.2. The van der Waals surface area contributed by atoms with E-state index in [-0.39, 0.29) is 16.5 Å². The van der Waals surface area contributed by atoms with Gasteiger partial charge in [-0.25, -0.2) is 12.8 Å². The van der Waals surface area contributed by atoms with Crippen LogP contribution in [0.4, 0.5) is 21.5 Å². The van der Waals surface area contributed by atoms with E-state index >= 15 is 0 Å². The Morgan fingerprint density at radius 3 is 2.25 bits per heavy atom. The average Bonchev–Trinajstić information content (AvgIpc) is 2.80. The maximum Gasteiger partial charge on any atom is 0.261 e. The lowest BCUT2D eigenvalue weighted by molar-refractivity contribution is 0.102. The van der Waals surface area contributed by atoms with Crippen LogP contribution in [-0.4, -0.2) is 40.6 Å². The molecule has 1 aliphatic heterocycles. The van der Waals surface area contributed by atoms with Gasteiger partial charge in [-0.15, -0.1) is 0 Å². The molecular weight excluding hydrogens is 433 g/mol. The van der Waals surface area contributed by atoms with Gasteiger partial charge in [-0.05, 0) is 66.7 Å². The normalized spacial score (nSPS) is 14.1. The first-order valence-electron chi connectivity index (χ1n) is 10.0. The average molecular weight is 456 g/mol. The largest absolute Gasteiger partial charge is 0.378 e. The molecule has 0 bridgehead atoms. The molecule has 0 aromatic heterocycles. The summed E-state index contributed by atoms with van der Waals surface area (Å²) in [5, 5.41) is 2.76. The third-order valence-electron chi connectivity index (χ3n) is 5.01. The van der Waals surface area contributed by atoms with Gasteiger partial charge in [-0.1, -0.05) is 6.07 Å². The Hall–Kier alpha value is -3.43. The van der Waals surface area contributed by atoms with Gasteiger partial charge in [0.15, 0.2) is 0 Å². The summed E-state index contributed by atoms with van der Waals surface area (Å²) in [6.07, 6.45) is 0. The van der Waals surface area contributed by atoms with Crippen LogP contribution in [0.1, 0.15) is 10.4 Å². The van der Waals surface area contributed by atoms with E-state index in [0.717, 1.165) is 24.8 Å². The Kier molecular flexibility index (Phi) is 6.38. The van der Waals surface area contributed by atoms with Crippen molar-refractivity contribution in [3.05, 3.63) is 84.2 Å². The molecule has 1 aliphatic rings. The van der Waals surface area contributed by atoms with Crippen molar-refractivity contribution in [1.29, 1.82) is 0 Å². The number of carbonyl (C=O) groups excluding carboxylic acids is 1. The van der Waals surface area contributed by atoms with Gasteiger partial charge in [-0.3, -0.25) is 9.52 Å². The highest BCUT2D eigenvalue weighted by Gasteiger charge is 2.16. The Morgan fingerprint density at radius 1 is 0.906 bits per heavy atom. The van der Waals surface area contributed by atoms with Gasteiger partial charge < -0.3 is 15.0 Å². The van der Waals surface area contributed by atoms with Crippen LogP contribution in [0.25, 0.3) is 0 Å². The molecule has 3 aromatic rings. The lowest BCUT2D eigenvalue weighted by Crippen LogP contribution is -2.36. The second kappa shape index (κ2) is 9.37. The Bertz CT molecular complexity index is 1190. The summed E-state index contributed by atoms with van der Waals surface area (Å²) in [6.45, 7) is 3.00. The molecule has 0 aliphatic carbocycles. The maximum atomic E-state index is 13.3. The highest BCUT2D eigenvalue weighted by molar-refractivity contribution is 7.92. The molecule has 32 heavy (non-hydrogen) atoms. The van der Waals surface area contributed by atoms with Gasteiger partial charge >= 0.3 is 0 Å². The lowest BCUT2D eigenvalue weighted by Gasteiger charge is -2.28. The fourth-order valence-corrected chi connectivity index (χ4v) is 4.38. The molecule has 0 atom stereocenters. The van der Waals surface area contributed by atoms with Crippen LogP contribution in [0.15, 0.2) is 77.7 Å². The number of halogens is 1. The number of nitrogens with one attached hydrogen (secondary N) is 2. The Balaban J connectivity index is 1.40. The second-order valence-electron chi connectivity index (χ2n) is 7.24. The van der Waals surface area contributed by atoms with Crippen molar-refractivity contribution < 1.29 is 22.3 Å². The predicted octanol–water partition coefficient (Wildman–Crippen LogP) is 3.72. The highest BCUT2D eigenvalue weighted by Crippen LogP contribution is 2.20. The molecule has 1 amide bonds. The fraction of sp³-hybridized carbons (Fsp3) is 0.174. The minimum absolute atomic E-state index is 0.00498. The van der Waals surface area contributed by atoms with E-state index in [1.807, 2.05) is 12.1 Å². The van der Waals surface area contributed by atoms with E-state index in [2.05, 4.69) is 14.9 Å². The number of ether oxygens (including phenoxy) is 1. The molecule has 7 nitrogen and oxygen atoms in total. The first-order chi connectivity index (χ1) is 15.4. The quantitative estimate of drug-likeness (QED) is 0.592. The maximum absolute atomic E-state index is 13.3. The van der Waals surface area contributed by atoms with Crippen molar-refractivity contribution in [1.82, 2.24) is 0 Å². The van der Waals surface area contributed by atoms with Crippen molar-refractivity contribution in [2.24, 2.45) is 0 Å². The monoisotopic (exact) mass is 455 g/mol. The van der Waals surface area contributed by atoms with Crippen LogP contribution in [0.3, 0.4) is 0 Å². The number of rotatable bonds is 6. The van der Waals surface area contributed by atoms with E-state index in [1.54, 1.807) is 12.1 Å². The Morgan fingerprint density at radius 2 is 1.59 bits per heavy atom. The minimum atomic E-state index is -3.89. The van der Waals surface area contributed by atoms with Gasteiger partial charge in [0.05, 0.1) is 23.8 Å². The summed E-state index contributed by atoms with van der Waals surface area (Å²) in [4.78, 5) is 14.7. The summed E-state index contributed by atoms with van der Waals surface area (Å²) in [7, 11) is -3.89. The van der Waals surface area contributed by atoms with Crippen molar-refractivity contribution in [2.75, 3.05) is 41.2 Å². The lowest BCUT2D eigenvalue weighted by atomic mass is 10.1. The van der Waals surface area contributed by atoms with E-state index in [4.69, 9.17) is 4.74 Å². The van der Waals surface area contributed by atoms with E-state index in [9.17, 15) is 17.6 Å². The van der Waals surface area contributed by atoms with E-state index < -0.39 is 15.8 Å². The van der Waals surface area contributed by atoms with Crippen LogP contribution < -0.4 is 14.9 Å². The summed E-state index contributed by atoms with van der Waals surface area (Å²) in [5.41, 5.74) is 2.11. The number of sulfonamides is 1. The van der Waals surface area contributed by atoms with Gasteiger partial charge in [0, 0.05) is 30.0 Å². The van der Waals surface area contributed by atoms with Crippen molar-refractivity contribution in [3.63, 3.8) is 0 Å². The number of benzene rings is 3. The van der Waals surface area contributed by atoms with Crippen LogP contribution in [0.5, 0.6) is 0 Å². The predicted molar refractivity (Wildman–Crippen MR) is 121 cm³/mol. The second-order valence-corrected chi connectivity index (χ2v) is 8.92. The highest BCUT2D eigenvalue weighted by atomic mass is 32.2. The zero-order valence-electron chi connectivity index (χ0n) is 17.1. The molecule has 0 unspecified atom stereocenters. The standard InChI is InChI=1S/C23H22FN3O4S/c24-18-2-1-3-20(16-18)26-32(29,30)22-10-6-19(7-11-22)25-23(28)17-4-8-21(9-5-17)27-12-14-31-15-13-27/h1-11,16,26H,12-15H2,(H,25,28). The Labute approximate surface area is 185 Å². The zero-order chi connectivity index (χ0) is 22.6. The van der Waals surface area contributed by atoms with E-state index in [1.165, 1.54) is 42.5 Å². The number of anilines is 3. The fourth-order valence-electron chi connectivity index (χ4n) is 3.33. The number of amides is 1. The molecule has 3 aromatic carbocycles. The minimum Gasteiger partial charge on any atom is -0.378 e. The van der Waals surface area contributed by atoms with Crippen LogP contribution >= 0.6 is 0 Å². The van der Waals surface area contributed by atoms with Gasteiger partial charge in [0.2, 0.25) is 0 Å². The first kappa shape index (κ1) is 21.8. The third-order valence-corrected chi connectivity index (χ3v) is 6.40. The summed E-state index contributed by atoms with van der Waals surface area (Å²) >= 11 is 0. The summed E-state index contributed by atoms with van der Waals surface area (Å²) in [5.74, 6) is -0.840. The molecule has 0 radical (unpaired) electrons. The molecule has 1 heterocycles. The zero-order valence-corrected chi connectivity index (χ0v) is 17.9. The van der Waals surface area contributed by atoms with Gasteiger partial charge in [0.25, 0.3) is 15.9 Å². The molecule has 1 saturated heterocycles. The number of morpholine rings is 1. The molecule has 0 spiro atoms. The van der Waals surface area contributed by atoms with Crippen LogP contribution in [0.2, 0.25) is 0 Å². The molecule has 2 N–H and O–H groups in total. The van der Waals surface area contributed by atoms with Crippen LogP contribution in [0, 0.1) is 5.82 Å². The van der Waals surface area contributed by atoms with Crippen molar-refractivity contribution >= 4 is 33.0 Å². The first-order valence-corrected chi connectivity index (χ1v) is 11.5. The number of hydrogen-bond acceptors (Lipinski definition) is 5. The number of carbonyl (C=O) groups is 1. The van der Waals surface area contributed by atoms with Gasteiger partial charge in [-0.2, -0.15) is 0 Å². The molecule has 4 rings (SSSR count). The molecule has 9 heteroatoms. The van der Waals surface area contributed by atoms with Crippen LogP contribution in [-0.2, 0) is 14.8 Å². The summed E-state index contributed by atoms with van der Waals surface area (Å²) < 4.78 is 46.0. The smallest absolute Gasteiger partial charge is 0.261 e. The number of nitrogens with zero attached hydrogens (tertiary/aromatic N) is 1. The van der Waals surface area contributed by atoms with Crippen molar-refractivity contribution in [3.8, 4) is 0 Å². The van der Waals surface area contributed by atoms with Crippen molar-refractivity contribution in [2.45, 2.75) is 4.90 Å². The number of hydrogen-bond donors (Lipinski definition) is 2. The topological polar surface area (TPSA) is 87.7 Å². The molecular formula is C23H22FN3O4S. The third kappa shape index (κ3) is 5.24. The van der Waals surface area contributed by atoms with Gasteiger partial charge in [0.1, 0.15) is 5.82 Å².